The second-order valence-electron chi connectivity index (χ2n) is 9.13. The Labute approximate surface area is 236 Å². The third kappa shape index (κ3) is 6.84. The number of carbonyl (C=O) groups is 1. The van der Waals surface area contributed by atoms with Crippen molar-refractivity contribution in [1.82, 2.24) is 5.32 Å². The fourth-order valence-corrected chi connectivity index (χ4v) is 6.14. The smallest absolute Gasteiger partial charge is 0.264 e. The van der Waals surface area contributed by atoms with Crippen molar-refractivity contribution in [3.8, 4) is 0 Å². The highest BCUT2D eigenvalue weighted by Gasteiger charge is 2.33. The van der Waals surface area contributed by atoms with Gasteiger partial charge in [0.1, 0.15) is 17.5 Å². The quantitative estimate of drug-likeness (QED) is 0.218. The molecule has 4 aromatic rings. The fourth-order valence-electron chi connectivity index (χ4n) is 4.38. The Kier molecular flexibility index (Phi) is 9.17. The minimum Gasteiger partial charge on any atom is -0.352 e. The fraction of sp³-hybridized carbons (Fsp3) is 0.167. The van der Waals surface area contributed by atoms with Gasteiger partial charge in [-0.2, -0.15) is 0 Å². The van der Waals surface area contributed by atoms with Gasteiger partial charge < -0.3 is 5.32 Å². The molecular formula is C30H26ClF3N2O3S. The number of carbonyl (C=O) groups excluding carboxylic acids is 1. The van der Waals surface area contributed by atoms with E-state index in [1.165, 1.54) is 43.3 Å². The maximum Gasteiger partial charge on any atom is 0.264 e. The van der Waals surface area contributed by atoms with E-state index in [0.717, 1.165) is 34.1 Å². The third-order valence-electron chi connectivity index (χ3n) is 6.38. The van der Waals surface area contributed by atoms with Gasteiger partial charge in [0, 0.05) is 24.1 Å². The lowest BCUT2D eigenvalue weighted by molar-refractivity contribution is -0.121. The van der Waals surface area contributed by atoms with E-state index in [2.05, 4.69) is 5.32 Å². The van der Waals surface area contributed by atoms with Gasteiger partial charge in [-0.15, -0.1) is 0 Å². The molecule has 0 spiro atoms. The molecule has 0 aliphatic rings. The maximum atomic E-state index is 15.0. The number of nitrogens with one attached hydrogen (secondary N) is 1. The molecule has 0 fully saturated rings. The van der Waals surface area contributed by atoms with Crippen LogP contribution in [0.25, 0.3) is 0 Å². The van der Waals surface area contributed by atoms with Crippen molar-refractivity contribution in [2.45, 2.75) is 37.2 Å². The Bertz CT molecular complexity index is 1600. The zero-order chi connectivity index (χ0) is 28.9. The molecule has 208 valence electrons. The van der Waals surface area contributed by atoms with Crippen molar-refractivity contribution in [3.63, 3.8) is 0 Å². The molecule has 0 saturated carbocycles. The van der Waals surface area contributed by atoms with Crippen LogP contribution < -0.4 is 9.62 Å². The lowest BCUT2D eigenvalue weighted by Crippen LogP contribution is -2.35. The Morgan fingerprint density at radius 1 is 0.900 bits per heavy atom. The molecule has 0 heterocycles. The lowest BCUT2D eigenvalue weighted by atomic mass is 9.97. The molecule has 10 heteroatoms. The van der Waals surface area contributed by atoms with Crippen molar-refractivity contribution in [2.75, 3.05) is 4.31 Å². The molecule has 0 aliphatic heterocycles. The summed E-state index contributed by atoms with van der Waals surface area (Å²) >= 11 is 5.93. The van der Waals surface area contributed by atoms with Gasteiger partial charge in [-0.05, 0) is 78.6 Å². The van der Waals surface area contributed by atoms with E-state index in [9.17, 15) is 22.0 Å². The molecule has 1 amide bonds. The van der Waals surface area contributed by atoms with E-state index in [1.807, 2.05) is 30.3 Å². The normalized spacial score (nSPS) is 12.1. The molecule has 0 aliphatic carbocycles. The summed E-state index contributed by atoms with van der Waals surface area (Å²) in [7, 11) is -4.46. The summed E-state index contributed by atoms with van der Waals surface area (Å²) in [6, 6.07) is 19.7. The number of rotatable bonds is 10. The summed E-state index contributed by atoms with van der Waals surface area (Å²) in [6.45, 7) is 1.81. The van der Waals surface area contributed by atoms with Crippen LogP contribution in [0.15, 0.2) is 95.9 Å². The van der Waals surface area contributed by atoms with Gasteiger partial charge in [0.25, 0.3) is 10.0 Å². The number of hydrogen-bond acceptors (Lipinski definition) is 3. The molecule has 1 atom stereocenters. The first-order valence-electron chi connectivity index (χ1n) is 12.4. The molecule has 0 bridgehead atoms. The van der Waals surface area contributed by atoms with Crippen LogP contribution in [0, 0.1) is 17.5 Å². The first-order valence-corrected chi connectivity index (χ1v) is 14.2. The van der Waals surface area contributed by atoms with E-state index >= 15 is 4.39 Å². The van der Waals surface area contributed by atoms with Gasteiger partial charge in [-0.25, -0.2) is 21.6 Å². The Hall–Kier alpha value is -3.82. The lowest BCUT2D eigenvalue weighted by Gasteiger charge is -2.32. The topological polar surface area (TPSA) is 66.5 Å². The van der Waals surface area contributed by atoms with Crippen LogP contribution in [-0.4, -0.2) is 14.3 Å². The predicted octanol–water partition coefficient (Wildman–Crippen LogP) is 6.96. The molecule has 0 unspecified atom stereocenters. The average molecular weight is 587 g/mol. The van der Waals surface area contributed by atoms with Gasteiger partial charge >= 0.3 is 0 Å². The molecule has 4 aromatic carbocycles. The van der Waals surface area contributed by atoms with E-state index in [1.54, 1.807) is 0 Å². The second-order valence-corrected chi connectivity index (χ2v) is 11.4. The van der Waals surface area contributed by atoms with Crippen LogP contribution in [0.1, 0.15) is 36.1 Å². The van der Waals surface area contributed by atoms with Crippen LogP contribution in [0.4, 0.5) is 18.9 Å². The van der Waals surface area contributed by atoms with Crippen LogP contribution >= 0.6 is 11.6 Å². The number of benzene rings is 4. The SMILES string of the molecule is C[C@H](c1ccc(F)cc1CCC(=O)NCc1ccccc1)N(c1cc(F)ccc1F)S(=O)(=O)c1ccc(Cl)cc1. The summed E-state index contributed by atoms with van der Waals surface area (Å²) < 4.78 is 72.1. The maximum absolute atomic E-state index is 15.0. The number of aryl methyl sites for hydroxylation is 1. The largest absolute Gasteiger partial charge is 0.352 e. The molecule has 4 rings (SSSR count). The highest BCUT2D eigenvalue weighted by Crippen LogP contribution is 2.37. The number of amides is 1. The summed E-state index contributed by atoms with van der Waals surface area (Å²) in [4.78, 5) is 12.4. The number of anilines is 1. The summed E-state index contributed by atoms with van der Waals surface area (Å²) in [5.74, 6) is -2.67. The monoisotopic (exact) mass is 586 g/mol. The van der Waals surface area contributed by atoms with Gasteiger partial charge in [-0.1, -0.05) is 48.0 Å². The van der Waals surface area contributed by atoms with Crippen LogP contribution in [0.3, 0.4) is 0 Å². The second kappa shape index (κ2) is 12.6. The Morgan fingerprint density at radius 3 is 2.25 bits per heavy atom. The minimum absolute atomic E-state index is 0.00569. The standard InChI is InChI=1S/C30H26ClF3N2O3S/c1-20(27-14-10-24(32)17-22(27)7-16-30(37)35-19-21-5-3-2-4-6-21)36(29-18-25(33)11-15-28(29)34)40(38,39)26-12-8-23(31)9-13-26/h2-6,8-15,17-18,20H,7,16,19H2,1H3,(H,35,37)/t20-/m1/s1. The Balaban J connectivity index is 1.68. The van der Waals surface area contributed by atoms with Crippen molar-refractivity contribution in [2.24, 2.45) is 0 Å². The number of sulfonamides is 1. The first kappa shape index (κ1) is 29.2. The zero-order valence-electron chi connectivity index (χ0n) is 21.5. The highest BCUT2D eigenvalue weighted by molar-refractivity contribution is 7.92. The highest BCUT2D eigenvalue weighted by atomic mass is 35.5. The minimum atomic E-state index is -4.46. The molecule has 1 N–H and O–H groups in total. The summed E-state index contributed by atoms with van der Waals surface area (Å²) in [5.41, 5.74) is 1.09. The number of hydrogen-bond donors (Lipinski definition) is 1. The van der Waals surface area contributed by atoms with E-state index in [-0.39, 0.29) is 23.6 Å². The van der Waals surface area contributed by atoms with Crippen molar-refractivity contribution in [3.05, 3.63) is 130 Å². The van der Waals surface area contributed by atoms with Gasteiger partial charge in [0.05, 0.1) is 16.6 Å². The molecule has 5 nitrogen and oxygen atoms in total. The molecule has 0 radical (unpaired) electrons. The van der Waals surface area contributed by atoms with E-state index in [4.69, 9.17) is 11.6 Å². The van der Waals surface area contributed by atoms with Crippen LogP contribution in [0.5, 0.6) is 0 Å². The van der Waals surface area contributed by atoms with Crippen LogP contribution in [0.2, 0.25) is 5.02 Å². The van der Waals surface area contributed by atoms with E-state index < -0.39 is 39.2 Å². The van der Waals surface area contributed by atoms with Gasteiger partial charge in [0.15, 0.2) is 0 Å². The molecule has 40 heavy (non-hydrogen) atoms. The van der Waals surface area contributed by atoms with Gasteiger partial charge in [0.2, 0.25) is 5.91 Å². The molecular weight excluding hydrogens is 561 g/mol. The Morgan fingerprint density at radius 2 is 1.55 bits per heavy atom. The molecule has 0 aromatic heterocycles. The van der Waals surface area contributed by atoms with Crippen molar-refractivity contribution >= 4 is 33.2 Å². The predicted molar refractivity (Wildman–Crippen MR) is 149 cm³/mol. The first-order chi connectivity index (χ1) is 19.1. The molecule has 0 saturated heterocycles. The number of nitrogens with zero attached hydrogens (tertiary/aromatic N) is 1. The van der Waals surface area contributed by atoms with E-state index in [0.29, 0.717) is 22.7 Å². The zero-order valence-corrected chi connectivity index (χ0v) is 23.0. The van der Waals surface area contributed by atoms with Crippen molar-refractivity contribution in [1.29, 1.82) is 0 Å². The van der Waals surface area contributed by atoms with Gasteiger partial charge in [-0.3, -0.25) is 9.10 Å². The average Bonchev–Trinajstić information content (AvgIpc) is 2.93. The third-order valence-corrected chi connectivity index (χ3v) is 8.53. The van der Waals surface area contributed by atoms with Crippen LogP contribution in [-0.2, 0) is 27.8 Å². The number of halogens is 4. The summed E-state index contributed by atoms with van der Waals surface area (Å²) in [5, 5.41) is 3.10. The summed E-state index contributed by atoms with van der Waals surface area (Å²) in [6.07, 6.45) is 0.0762. The van der Waals surface area contributed by atoms with Crippen molar-refractivity contribution < 1.29 is 26.4 Å².